The number of aryl methyl sites for hydroxylation is 1. The van der Waals surface area contributed by atoms with Crippen LogP contribution in [0.3, 0.4) is 0 Å². The van der Waals surface area contributed by atoms with Crippen molar-refractivity contribution < 1.29 is 0 Å². The van der Waals surface area contributed by atoms with E-state index in [1.165, 1.54) is 18.4 Å². The SMILES string of the molecule is Cn1cc(C2CCCN2Cc2cn3ccsc3n2)cn1. The molecule has 1 saturated heterocycles. The van der Waals surface area contributed by atoms with Gasteiger partial charge in [-0.1, -0.05) is 0 Å². The monoisotopic (exact) mass is 287 g/mol. The van der Waals surface area contributed by atoms with E-state index < -0.39 is 0 Å². The predicted molar refractivity (Wildman–Crippen MR) is 78.7 cm³/mol. The van der Waals surface area contributed by atoms with Crippen LogP contribution in [-0.2, 0) is 13.6 Å². The number of hydrogen-bond donors (Lipinski definition) is 0. The second-order valence-electron chi connectivity index (χ2n) is 5.40. The van der Waals surface area contributed by atoms with Crippen molar-refractivity contribution in [2.45, 2.75) is 25.4 Å². The summed E-state index contributed by atoms with van der Waals surface area (Å²) in [4.78, 5) is 8.29. The molecule has 104 valence electrons. The van der Waals surface area contributed by atoms with Gasteiger partial charge in [-0.15, -0.1) is 11.3 Å². The Hall–Kier alpha value is -1.66. The highest BCUT2D eigenvalue weighted by molar-refractivity contribution is 7.15. The topological polar surface area (TPSA) is 38.4 Å². The van der Waals surface area contributed by atoms with Crippen LogP contribution < -0.4 is 0 Å². The molecule has 0 amide bonds. The summed E-state index contributed by atoms with van der Waals surface area (Å²) in [6.45, 7) is 2.07. The van der Waals surface area contributed by atoms with Gasteiger partial charge in [-0.3, -0.25) is 14.0 Å². The summed E-state index contributed by atoms with van der Waals surface area (Å²) < 4.78 is 3.99. The van der Waals surface area contributed by atoms with E-state index >= 15 is 0 Å². The van der Waals surface area contributed by atoms with E-state index in [9.17, 15) is 0 Å². The smallest absolute Gasteiger partial charge is 0.193 e. The fourth-order valence-electron chi connectivity index (χ4n) is 3.07. The lowest BCUT2D eigenvalue weighted by Crippen LogP contribution is -2.22. The summed E-state index contributed by atoms with van der Waals surface area (Å²) in [5.41, 5.74) is 2.48. The third-order valence-electron chi connectivity index (χ3n) is 3.98. The number of hydrogen-bond acceptors (Lipinski definition) is 4. The first-order chi connectivity index (χ1) is 9.79. The fraction of sp³-hybridized carbons (Fsp3) is 0.429. The fourth-order valence-corrected chi connectivity index (χ4v) is 3.78. The summed E-state index contributed by atoms with van der Waals surface area (Å²) in [5, 5.41) is 6.37. The molecule has 0 saturated carbocycles. The molecule has 5 nitrogen and oxygen atoms in total. The Labute approximate surface area is 121 Å². The molecule has 6 heteroatoms. The maximum atomic E-state index is 4.69. The lowest BCUT2D eigenvalue weighted by atomic mass is 10.1. The highest BCUT2D eigenvalue weighted by atomic mass is 32.1. The van der Waals surface area contributed by atoms with Gasteiger partial charge in [0, 0.05) is 49.2 Å². The van der Waals surface area contributed by atoms with Crippen molar-refractivity contribution in [1.82, 2.24) is 24.1 Å². The van der Waals surface area contributed by atoms with Crippen LogP contribution in [0.4, 0.5) is 0 Å². The molecule has 3 aromatic rings. The summed E-state index contributed by atoms with van der Waals surface area (Å²) in [6.07, 6.45) is 10.8. The van der Waals surface area contributed by atoms with Crippen LogP contribution in [0.25, 0.3) is 4.96 Å². The molecule has 0 N–H and O–H groups in total. The van der Waals surface area contributed by atoms with E-state index in [0.717, 1.165) is 23.7 Å². The first kappa shape index (κ1) is 12.1. The Kier molecular flexibility index (Phi) is 2.85. The Morgan fingerprint density at radius 2 is 2.35 bits per heavy atom. The molecule has 1 aliphatic heterocycles. The Morgan fingerprint density at radius 3 is 3.15 bits per heavy atom. The van der Waals surface area contributed by atoms with Crippen LogP contribution in [0.5, 0.6) is 0 Å². The van der Waals surface area contributed by atoms with Crippen LogP contribution in [0.15, 0.2) is 30.2 Å². The van der Waals surface area contributed by atoms with Gasteiger partial charge >= 0.3 is 0 Å². The van der Waals surface area contributed by atoms with E-state index in [-0.39, 0.29) is 0 Å². The molecule has 3 aromatic heterocycles. The Balaban J connectivity index is 1.56. The summed E-state index contributed by atoms with van der Waals surface area (Å²) >= 11 is 1.69. The standard InChI is InChI=1S/C14H17N5S/c1-17-8-11(7-15-17)13-3-2-4-18(13)9-12-10-19-5-6-20-14(19)16-12/h5-8,10,13H,2-4,9H2,1H3. The molecule has 1 atom stereocenters. The first-order valence-electron chi connectivity index (χ1n) is 6.93. The molecular weight excluding hydrogens is 270 g/mol. The van der Waals surface area contributed by atoms with E-state index in [1.54, 1.807) is 11.3 Å². The molecule has 4 heterocycles. The molecule has 0 aliphatic carbocycles. The highest BCUT2D eigenvalue weighted by Gasteiger charge is 2.27. The van der Waals surface area contributed by atoms with Gasteiger partial charge in [-0.25, -0.2) is 4.98 Å². The molecular formula is C14H17N5S. The first-order valence-corrected chi connectivity index (χ1v) is 7.81. The third kappa shape index (κ3) is 2.05. The number of likely N-dealkylation sites (tertiary alicyclic amines) is 1. The quantitative estimate of drug-likeness (QED) is 0.743. The second kappa shape index (κ2) is 4.71. The van der Waals surface area contributed by atoms with Gasteiger partial charge in [0.2, 0.25) is 0 Å². The van der Waals surface area contributed by atoms with Gasteiger partial charge < -0.3 is 0 Å². The lowest BCUT2D eigenvalue weighted by molar-refractivity contribution is 0.246. The molecule has 0 radical (unpaired) electrons. The molecule has 20 heavy (non-hydrogen) atoms. The van der Waals surface area contributed by atoms with Crippen molar-refractivity contribution in [3.63, 3.8) is 0 Å². The van der Waals surface area contributed by atoms with Crippen molar-refractivity contribution in [1.29, 1.82) is 0 Å². The normalized spacial score (nSPS) is 20.1. The molecule has 4 rings (SSSR count). The summed E-state index contributed by atoms with van der Waals surface area (Å²) in [6, 6.07) is 0.489. The van der Waals surface area contributed by atoms with Crippen LogP contribution in [0.1, 0.15) is 30.1 Å². The van der Waals surface area contributed by atoms with Gasteiger partial charge in [-0.05, 0) is 19.4 Å². The van der Waals surface area contributed by atoms with E-state index in [1.807, 2.05) is 17.9 Å². The maximum Gasteiger partial charge on any atom is 0.193 e. The van der Waals surface area contributed by atoms with Crippen molar-refractivity contribution in [2.24, 2.45) is 7.05 Å². The number of imidazole rings is 1. The number of fused-ring (bicyclic) bond motifs is 1. The van der Waals surface area contributed by atoms with Crippen LogP contribution in [0, 0.1) is 0 Å². The van der Waals surface area contributed by atoms with Crippen molar-refractivity contribution >= 4 is 16.3 Å². The van der Waals surface area contributed by atoms with Gasteiger partial charge in [0.25, 0.3) is 0 Å². The molecule has 1 aliphatic rings. The van der Waals surface area contributed by atoms with E-state index in [0.29, 0.717) is 6.04 Å². The predicted octanol–water partition coefficient (Wildman–Crippen LogP) is 2.47. The van der Waals surface area contributed by atoms with Crippen molar-refractivity contribution in [3.8, 4) is 0 Å². The molecule has 0 bridgehead atoms. The minimum atomic E-state index is 0.489. The average Bonchev–Trinajstić information content (AvgIpc) is 3.12. The Bertz CT molecular complexity index is 696. The zero-order chi connectivity index (χ0) is 13.5. The summed E-state index contributed by atoms with van der Waals surface area (Å²) in [7, 11) is 1.98. The molecule has 0 spiro atoms. The number of aromatic nitrogens is 4. The van der Waals surface area contributed by atoms with E-state index in [4.69, 9.17) is 0 Å². The molecule has 1 fully saturated rings. The minimum Gasteiger partial charge on any atom is -0.297 e. The zero-order valence-electron chi connectivity index (χ0n) is 11.4. The van der Waals surface area contributed by atoms with Crippen molar-refractivity contribution in [3.05, 3.63) is 41.4 Å². The number of thiazole rings is 1. The Morgan fingerprint density at radius 1 is 1.40 bits per heavy atom. The molecule has 0 aromatic carbocycles. The second-order valence-corrected chi connectivity index (χ2v) is 6.27. The van der Waals surface area contributed by atoms with Crippen LogP contribution in [0.2, 0.25) is 0 Å². The minimum absolute atomic E-state index is 0.489. The van der Waals surface area contributed by atoms with E-state index in [2.05, 4.69) is 43.4 Å². The van der Waals surface area contributed by atoms with Gasteiger partial charge in [0.05, 0.1) is 11.9 Å². The molecule has 1 unspecified atom stereocenters. The summed E-state index contributed by atoms with van der Waals surface area (Å²) in [5.74, 6) is 0. The lowest BCUT2D eigenvalue weighted by Gasteiger charge is -2.22. The van der Waals surface area contributed by atoms with Gasteiger partial charge in [-0.2, -0.15) is 5.10 Å². The van der Waals surface area contributed by atoms with Crippen LogP contribution >= 0.6 is 11.3 Å². The van der Waals surface area contributed by atoms with Crippen LogP contribution in [-0.4, -0.2) is 30.6 Å². The highest BCUT2D eigenvalue weighted by Crippen LogP contribution is 2.32. The van der Waals surface area contributed by atoms with Gasteiger partial charge in [0.1, 0.15) is 0 Å². The average molecular weight is 287 g/mol. The van der Waals surface area contributed by atoms with Crippen molar-refractivity contribution in [2.75, 3.05) is 6.54 Å². The number of rotatable bonds is 3. The zero-order valence-corrected chi connectivity index (χ0v) is 12.3. The largest absolute Gasteiger partial charge is 0.297 e. The maximum absolute atomic E-state index is 4.69. The third-order valence-corrected chi connectivity index (χ3v) is 4.75. The van der Waals surface area contributed by atoms with Gasteiger partial charge in [0.15, 0.2) is 4.96 Å². The number of nitrogens with zero attached hydrogens (tertiary/aromatic N) is 5.